The highest BCUT2D eigenvalue weighted by molar-refractivity contribution is 9.10. The van der Waals surface area contributed by atoms with Crippen molar-refractivity contribution in [1.29, 1.82) is 0 Å². The first-order valence-electron chi connectivity index (χ1n) is 7.04. The van der Waals surface area contributed by atoms with Gasteiger partial charge in [-0.25, -0.2) is 4.39 Å². The summed E-state index contributed by atoms with van der Waals surface area (Å²) in [6, 6.07) is 3.56. The number of halogens is 3. The monoisotopic (exact) mass is 363 g/mol. The van der Waals surface area contributed by atoms with Crippen molar-refractivity contribution in [3.8, 4) is 0 Å². The third kappa shape index (κ3) is 3.35. The second-order valence-corrected chi connectivity index (χ2v) is 6.46. The van der Waals surface area contributed by atoms with Gasteiger partial charge in [-0.3, -0.25) is 0 Å². The van der Waals surface area contributed by atoms with Crippen LogP contribution in [-0.4, -0.2) is 19.3 Å². The minimum Gasteiger partial charge on any atom is -0.378 e. The number of benzene rings is 1. The molecular weight excluding hydrogens is 345 g/mol. The molecule has 1 aliphatic rings. The Hall–Kier alpha value is -0.160. The summed E-state index contributed by atoms with van der Waals surface area (Å²) in [6.45, 7) is 5.74. The maximum Gasteiger partial charge on any atom is 0.147 e. The highest BCUT2D eigenvalue weighted by Gasteiger charge is 2.34. The topological polar surface area (TPSA) is 21.3 Å². The van der Waals surface area contributed by atoms with Crippen LogP contribution in [0, 0.1) is 11.7 Å². The summed E-state index contributed by atoms with van der Waals surface area (Å²) in [6.07, 6.45) is 2.08. The van der Waals surface area contributed by atoms with E-state index in [1.165, 1.54) is 0 Å². The van der Waals surface area contributed by atoms with Crippen molar-refractivity contribution in [2.24, 2.45) is 5.92 Å². The molecule has 1 aromatic rings. The predicted molar refractivity (Wildman–Crippen MR) is 83.7 cm³/mol. The van der Waals surface area contributed by atoms with Crippen LogP contribution in [0.5, 0.6) is 0 Å². The third-order valence-corrected chi connectivity index (χ3v) is 5.14. The third-order valence-electron chi connectivity index (χ3n) is 3.88. The number of nitrogens with one attached hydrogen (secondary N) is 1. The highest BCUT2D eigenvalue weighted by atomic mass is 79.9. The largest absolute Gasteiger partial charge is 0.378 e. The molecule has 0 aromatic heterocycles. The Morgan fingerprint density at radius 3 is 2.90 bits per heavy atom. The maximum atomic E-state index is 14.5. The average Bonchev–Trinajstić information content (AvgIpc) is 2.85. The zero-order valence-corrected chi connectivity index (χ0v) is 14.1. The van der Waals surface area contributed by atoms with Crippen LogP contribution in [0.25, 0.3) is 0 Å². The van der Waals surface area contributed by atoms with E-state index in [1.54, 1.807) is 0 Å². The van der Waals surface area contributed by atoms with Crippen LogP contribution in [0.3, 0.4) is 0 Å². The SMILES string of the molecule is CCCNC(c1ccc(Br)c(Cl)c1F)C1CCOC1C. The molecule has 0 bridgehead atoms. The molecule has 5 heteroatoms. The summed E-state index contributed by atoms with van der Waals surface area (Å²) >= 11 is 9.28. The summed E-state index contributed by atoms with van der Waals surface area (Å²) in [5.41, 5.74) is 0.633. The van der Waals surface area contributed by atoms with Gasteiger partial charge in [0.25, 0.3) is 0 Å². The van der Waals surface area contributed by atoms with Gasteiger partial charge in [0.05, 0.1) is 11.1 Å². The molecule has 3 unspecified atom stereocenters. The Bertz CT molecular complexity index is 471. The lowest BCUT2D eigenvalue weighted by Gasteiger charge is -2.28. The first-order valence-corrected chi connectivity index (χ1v) is 8.21. The molecule has 1 aliphatic heterocycles. The lowest BCUT2D eigenvalue weighted by Crippen LogP contribution is -2.33. The number of hydrogen-bond donors (Lipinski definition) is 1. The van der Waals surface area contributed by atoms with Gasteiger partial charge in [0.2, 0.25) is 0 Å². The summed E-state index contributed by atoms with van der Waals surface area (Å²) in [5, 5.41) is 3.60. The second kappa shape index (κ2) is 7.21. The van der Waals surface area contributed by atoms with Gasteiger partial charge in [-0.15, -0.1) is 0 Å². The number of hydrogen-bond acceptors (Lipinski definition) is 2. The highest BCUT2D eigenvalue weighted by Crippen LogP contribution is 2.37. The van der Waals surface area contributed by atoms with E-state index in [2.05, 4.69) is 35.1 Å². The van der Waals surface area contributed by atoms with E-state index in [0.29, 0.717) is 10.0 Å². The molecular formula is C15H20BrClFNO. The Balaban J connectivity index is 2.33. The minimum absolute atomic E-state index is 0.0574. The van der Waals surface area contributed by atoms with Gasteiger partial charge in [0.15, 0.2) is 0 Å². The van der Waals surface area contributed by atoms with Gasteiger partial charge in [-0.2, -0.15) is 0 Å². The standard InChI is InChI=1S/C15H20BrClFNO/c1-3-7-19-15(10-6-8-20-9(10)2)11-4-5-12(16)13(17)14(11)18/h4-5,9-10,15,19H,3,6-8H2,1-2H3. The van der Waals surface area contributed by atoms with Crippen molar-refractivity contribution in [2.45, 2.75) is 38.8 Å². The van der Waals surface area contributed by atoms with Crippen LogP contribution in [0.4, 0.5) is 4.39 Å². The second-order valence-electron chi connectivity index (χ2n) is 5.22. The summed E-state index contributed by atoms with van der Waals surface area (Å²) in [7, 11) is 0. The van der Waals surface area contributed by atoms with Gasteiger partial charge in [0.1, 0.15) is 5.82 Å². The molecule has 0 amide bonds. The van der Waals surface area contributed by atoms with Crippen molar-refractivity contribution >= 4 is 27.5 Å². The summed E-state index contributed by atoms with van der Waals surface area (Å²) < 4.78 is 20.7. The molecule has 1 aromatic carbocycles. The fourth-order valence-electron chi connectivity index (χ4n) is 2.76. The molecule has 112 valence electrons. The van der Waals surface area contributed by atoms with Crippen LogP contribution in [0.15, 0.2) is 16.6 Å². The molecule has 1 N–H and O–H groups in total. The molecule has 1 saturated heterocycles. The van der Waals surface area contributed by atoms with Crippen molar-refractivity contribution in [2.75, 3.05) is 13.2 Å². The molecule has 0 aliphatic carbocycles. The van der Waals surface area contributed by atoms with Crippen LogP contribution < -0.4 is 5.32 Å². The van der Waals surface area contributed by atoms with Crippen LogP contribution in [0.2, 0.25) is 5.02 Å². The zero-order chi connectivity index (χ0) is 14.7. The fourth-order valence-corrected chi connectivity index (χ4v) is 3.24. The van der Waals surface area contributed by atoms with E-state index in [9.17, 15) is 4.39 Å². The smallest absolute Gasteiger partial charge is 0.147 e. The summed E-state index contributed by atoms with van der Waals surface area (Å²) in [4.78, 5) is 0. The van der Waals surface area contributed by atoms with Gasteiger partial charge >= 0.3 is 0 Å². The van der Waals surface area contributed by atoms with Gasteiger partial charge in [0, 0.05) is 28.6 Å². The molecule has 0 radical (unpaired) electrons. The van der Waals surface area contributed by atoms with E-state index >= 15 is 0 Å². The quantitative estimate of drug-likeness (QED) is 0.764. The van der Waals surface area contributed by atoms with Crippen LogP contribution in [-0.2, 0) is 4.74 Å². The first kappa shape index (κ1) is 16.2. The van der Waals surface area contributed by atoms with Crippen molar-refractivity contribution < 1.29 is 9.13 Å². The fraction of sp³-hybridized carbons (Fsp3) is 0.600. The number of rotatable bonds is 5. The lowest BCUT2D eigenvalue weighted by molar-refractivity contribution is 0.0949. The van der Waals surface area contributed by atoms with E-state index in [-0.39, 0.29) is 28.9 Å². The normalized spacial score (nSPS) is 24.1. The van der Waals surface area contributed by atoms with Crippen LogP contribution >= 0.6 is 27.5 Å². The first-order chi connectivity index (χ1) is 9.56. The predicted octanol–water partition coefficient (Wildman–Crippen LogP) is 4.71. The van der Waals surface area contributed by atoms with Gasteiger partial charge in [-0.05, 0) is 48.3 Å². The molecule has 2 nitrogen and oxygen atoms in total. The minimum atomic E-state index is -0.339. The van der Waals surface area contributed by atoms with E-state index in [4.69, 9.17) is 16.3 Å². The molecule has 20 heavy (non-hydrogen) atoms. The summed E-state index contributed by atoms with van der Waals surface area (Å²) in [5.74, 6) is -0.0676. The zero-order valence-electron chi connectivity index (χ0n) is 11.8. The number of ether oxygens (including phenoxy) is 1. The Kier molecular flexibility index (Phi) is 5.84. The molecule has 0 saturated carbocycles. The molecule has 2 rings (SSSR count). The molecule has 1 heterocycles. The molecule has 0 spiro atoms. The van der Waals surface area contributed by atoms with E-state index in [1.807, 2.05) is 12.1 Å². The Morgan fingerprint density at radius 2 is 2.30 bits per heavy atom. The Labute approximate surface area is 133 Å². The van der Waals surface area contributed by atoms with Crippen LogP contribution in [0.1, 0.15) is 38.3 Å². The molecule has 3 atom stereocenters. The van der Waals surface area contributed by atoms with E-state index in [0.717, 1.165) is 26.0 Å². The van der Waals surface area contributed by atoms with E-state index < -0.39 is 0 Å². The average molecular weight is 365 g/mol. The Morgan fingerprint density at radius 1 is 1.55 bits per heavy atom. The van der Waals surface area contributed by atoms with Gasteiger partial charge < -0.3 is 10.1 Å². The van der Waals surface area contributed by atoms with Crippen molar-refractivity contribution in [3.05, 3.63) is 33.0 Å². The van der Waals surface area contributed by atoms with Crippen molar-refractivity contribution in [1.82, 2.24) is 5.32 Å². The lowest BCUT2D eigenvalue weighted by atomic mass is 9.88. The van der Waals surface area contributed by atoms with Crippen molar-refractivity contribution in [3.63, 3.8) is 0 Å². The maximum absolute atomic E-state index is 14.5. The molecule has 1 fully saturated rings. The van der Waals surface area contributed by atoms with Gasteiger partial charge in [-0.1, -0.05) is 24.6 Å².